The third-order valence-electron chi connectivity index (χ3n) is 3.58. The lowest BCUT2D eigenvalue weighted by Gasteiger charge is -2.31. The number of thioether (sulfide) groups is 1. The Morgan fingerprint density at radius 3 is 2.78 bits per heavy atom. The van der Waals surface area contributed by atoms with E-state index in [9.17, 15) is 5.26 Å². The third-order valence-corrected chi connectivity index (χ3v) is 4.52. The van der Waals surface area contributed by atoms with Gasteiger partial charge < -0.3 is 4.90 Å². The van der Waals surface area contributed by atoms with Crippen LogP contribution >= 0.6 is 11.8 Å². The standard InChI is InChI=1S/C15H20N2S/c1-3-18-15-9-5-8-14(13(15)10-16)17(2)11-12-6-4-7-12/h5,8-9,12H,3-4,6-7,11H2,1-2H3. The molecule has 1 fully saturated rings. The number of nitrogens with zero attached hydrogens (tertiary/aromatic N) is 2. The lowest BCUT2D eigenvalue weighted by molar-refractivity contribution is 0.321. The van der Waals surface area contributed by atoms with Crippen LogP contribution in [0.15, 0.2) is 23.1 Å². The van der Waals surface area contributed by atoms with Crippen LogP contribution in [0.5, 0.6) is 0 Å². The van der Waals surface area contributed by atoms with Crippen LogP contribution in [0.25, 0.3) is 0 Å². The predicted molar refractivity (Wildman–Crippen MR) is 78.2 cm³/mol. The Morgan fingerprint density at radius 1 is 1.44 bits per heavy atom. The number of hydrogen-bond donors (Lipinski definition) is 0. The number of hydrogen-bond acceptors (Lipinski definition) is 3. The molecule has 1 aromatic carbocycles. The fourth-order valence-electron chi connectivity index (χ4n) is 2.39. The molecule has 0 unspecified atom stereocenters. The first-order chi connectivity index (χ1) is 8.76. The summed E-state index contributed by atoms with van der Waals surface area (Å²) in [6, 6.07) is 8.55. The Morgan fingerprint density at radius 2 is 2.22 bits per heavy atom. The van der Waals surface area contributed by atoms with Gasteiger partial charge in [0.1, 0.15) is 6.07 Å². The first kappa shape index (κ1) is 13.3. The van der Waals surface area contributed by atoms with Crippen molar-refractivity contribution < 1.29 is 0 Å². The highest BCUT2D eigenvalue weighted by atomic mass is 32.2. The van der Waals surface area contributed by atoms with Gasteiger partial charge in [-0.15, -0.1) is 11.8 Å². The summed E-state index contributed by atoms with van der Waals surface area (Å²) < 4.78 is 0. The van der Waals surface area contributed by atoms with E-state index in [1.54, 1.807) is 11.8 Å². The normalized spacial score (nSPS) is 14.9. The van der Waals surface area contributed by atoms with E-state index in [2.05, 4.69) is 37.1 Å². The molecule has 1 aliphatic carbocycles. The summed E-state index contributed by atoms with van der Waals surface area (Å²) in [6.07, 6.45) is 4.06. The van der Waals surface area contributed by atoms with Crippen LogP contribution in [0.4, 0.5) is 5.69 Å². The second-order valence-corrected chi connectivity index (χ2v) is 6.18. The van der Waals surface area contributed by atoms with Crippen LogP contribution in [0.2, 0.25) is 0 Å². The van der Waals surface area contributed by atoms with Gasteiger partial charge in [0.25, 0.3) is 0 Å². The zero-order valence-electron chi connectivity index (χ0n) is 11.1. The first-order valence-corrected chi connectivity index (χ1v) is 7.61. The summed E-state index contributed by atoms with van der Waals surface area (Å²) in [5.74, 6) is 1.83. The number of anilines is 1. The number of nitriles is 1. The molecule has 2 nitrogen and oxygen atoms in total. The highest BCUT2D eigenvalue weighted by molar-refractivity contribution is 7.99. The van der Waals surface area contributed by atoms with Gasteiger partial charge in [0.15, 0.2) is 0 Å². The highest BCUT2D eigenvalue weighted by Gasteiger charge is 2.20. The molecule has 0 aliphatic heterocycles. The van der Waals surface area contributed by atoms with Crippen LogP contribution in [0, 0.1) is 17.2 Å². The van der Waals surface area contributed by atoms with Gasteiger partial charge in [-0.25, -0.2) is 0 Å². The van der Waals surface area contributed by atoms with Crippen molar-refractivity contribution in [3.05, 3.63) is 23.8 Å². The lowest BCUT2D eigenvalue weighted by atomic mass is 9.85. The summed E-state index contributed by atoms with van der Waals surface area (Å²) >= 11 is 1.75. The summed E-state index contributed by atoms with van der Waals surface area (Å²) in [5.41, 5.74) is 1.93. The van der Waals surface area contributed by atoms with Crippen LogP contribution in [-0.2, 0) is 0 Å². The van der Waals surface area contributed by atoms with Crippen LogP contribution in [-0.4, -0.2) is 19.3 Å². The van der Waals surface area contributed by atoms with E-state index in [0.717, 1.165) is 34.4 Å². The average molecular weight is 260 g/mol. The van der Waals surface area contributed by atoms with Crippen molar-refractivity contribution in [3.8, 4) is 6.07 Å². The molecule has 0 spiro atoms. The molecule has 3 heteroatoms. The van der Waals surface area contributed by atoms with Crippen LogP contribution in [0.3, 0.4) is 0 Å². The molecule has 0 radical (unpaired) electrons. The topological polar surface area (TPSA) is 27.0 Å². The van der Waals surface area contributed by atoms with Crippen molar-refractivity contribution in [2.24, 2.45) is 5.92 Å². The Hall–Kier alpha value is -1.14. The molecule has 0 amide bonds. The SMILES string of the molecule is CCSc1cccc(N(C)CC2CCC2)c1C#N. The number of benzene rings is 1. The molecule has 18 heavy (non-hydrogen) atoms. The van der Waals surface area contributed by atoms with Gasteiger partial charge in [-0.05, 0) is 36.6 Å². The third kappa shape index (κ3) is 2.81. The molecular weight excluding hydrogens is 240 g/mol. The molecule has 0 aromatic heterocycles. The second-order valence-electron chi connectivity index (χ2n) is 4.87. The molecule has 2 rings (SSSR count). The van der Waals surface area contributed by atoms with Crippen molar-refractivity contribution in [2.45, 2.75) is 31.1 Å². The molecule has 0 saturated heterocycles. The molecule has 1 aliphatic rings. The van der Waals surface area contributed by atoms with E-state index in [1.165, 1.54) is 19.3 Å². The van der Waals surface area contributed by atoms with E-state index in [4.69, 9.17) is 0 Å². The molecular formula is C15H20N2S. The van der Waals surface area contributed by atoms with Crippen molar-refractivity contribution in [1.29, 1.82) is 5.26 Å². The van der Waals surface area contributed by atoms with Gasteiger partial charge in [-0.2, -0.15) is 5.26 Å². The fraction of sp³-hybridized carbons (Fsp3) is 0.533. The molecule has 0 N–H and O–H groups in total. The summed E-state index contributed by atoms with van der Waals surface area (Å²) in [7, 11) is 2.11. The van der Waals surface area contributed by atoms with Gasteiger partial charge in [0.2, 0.25) is 0 Å². The Balaban J connectivity index is 2.20. The smallest absolute Gasteiger partial charge is 0.103 e. The summed E-state index contributed by atoms with van der Waals surface area (Å²) in [6.45, 7) is 3.20. The van der Waals surface area contributed by atoms with Gasteiger partial charge in [0.05, 0.1) is 11.3 Å². The van der Waals surface area contributed by atoms with Gasteiger partial charge in [-0.3, -0.25) is 0 Å². The summed E-state index contributed by atoms with van der Waals surface area (Å²) in [4.78, 5) is 3.36. The Labute approximate surface area is 114 Å². The minimum absolute atomic E-state index is 0.823. The lowest BCUT2D eigenvalue weighted by Crippen LogP contribution is -2.29. The Kier molecular flexibility index (Phi) is 4.54. The Bertz CT molecular complexity index is 446. The average Bonchev–Trinajstić information content (AvgIpc) is 2.33. The molecule has 0 atom stereocenters. The van der Waals surface area contributed by atoms with Crippen molar-refractivity contribution in [2.75, 3.05) is 24.2 Å². The quantitative estimate of drug-likeness (QED) is 0.751. The van der Waals surface area contributed by atoms with Crippen molar-refractivity contribution in [1.82, 2.24) is 0 Å². The van der Waals surface area contributed by atoms with Gasteiger partial charge >= 0.3 is 0 Å². The van der Waals surface area contributed by atoms with E-state index < -0.39 is 0 Å². The predicted octanol–water partition coefficient (Wildman–Crippen LogP) is 3.91. The molecule has 1 saturated carbocycles. The maximum atomic E-state index is 9.39. The highest BCUT2D eigenvalue weighted by Crippen LogP contribution is 2.32. The first-order valence-electron chi connectivity index (χ1n) is 6.63. The molecule has 0 bridgehead atoms. The van der Waals surface area contributed by atoms with Crippen molar-refractivity contribution >= 4 is 17.4 Å². The zero-order valence-corrected chi connectivity index (χ0v) is 12.0. The van der Waals surface area contributed by atoms with Gasteiger partial charge in [-0.1, -0.05) is 19.4 Å². The minimum atomic E-state index is 0.823. The van der Waals surface area contributed by atoms with E-state index in [0.29, 0.717) is 0 Å². The molecule has 0 heterocycles. The largest absolute Gasteiger partial charge is 0.373 e. The monoisotopic (exact) mass is 260 g/mol. The van der Waals surface area contributed by atoms with E-state index >= 15 is 0 Å². The molecule has 96 valence electrons. The van der Waals surface area contributed by atoms with Gasteiger partial charge in [0, 0.05) is 18.5 Å². The van der Waals surface area contributed by atoms with E-state index in [1.807, 2.05) is 6.07 Å². The van der Waals surface area contributed by atoms with Crippen molar-refractivity contribution in [3.63, 3.8) is 0 Å². The minimum Gasteiger partial charge on any atom is -0.373 e. The zero-order chi connectivity index (χ0) is 13.0. The maximum absolute atomic E-state index is 9.39. The second kappa shape index (κ2) is 6.15. The van der Waals surface area contributed by atoms with Crippen LogP contribution < -0.4 is 4.90 Å². The summed E-state index contributed by atoms with van der Waals surface area (Å²) in [5, 5.41) is 9.39. The molecule has 1 aromatic rings. The number of rotatable bonds is 5. The maximum Gasteiger partial charge on any atom is 0.103 e. The van der Waals surface area contributed by atoms with Crippen LogP contribution in [0.1, 0.15) is 31.7 Å². The van der Waals surface area contributed by atoms with E-state index in [-0.39, 0.29) is 0 Å². The fourth-order valence-corrected chi connectivity index (χ4v) is 3.17.